The van der Waals surface area contributed by atoms with Crippen molar-refractivity contribution in [2.45, 2.75) is 37.8 Å². The molecule has 7 heteroatoms. The van der Waals surface area contributed by atoms with Crippen LogP contribution in [0, 0.1) is 13.8 Å². The van der Waals surface area contributed by atoms with E-state index in [-0.39, 0.29) is 16.7 Å². The van der Waals surface area contributed by atoms with Crippen LogP contribution in [0.2, 0.25) is 0 Å². The van der Waals surface area contributed by atoms with Crippen LogP contribution in [0.15, 0.2) is 59.0 Å². The topological polar surface area (TPSA) is 95.5 Å². The minimum absolute atomic E-state index is 0.0432. The molecule has 0 aliphatic carbocycles. The molecule has 0 spiro atoms. The predicted molar refractivity (Wildman–Crippen MR) is 116 cm³/mol. The number of amides is 2. The van der Waals surface area contributed by atoms with Crippen molar-refractivity contribution in [1.29, 1.82) is 0 Å². The van der Waals surface area contributed by atoms with E-state index in [0.717, 1.165) is 27.8 Å². The van der Waals surface area contributed by atoms with E-state index in [4.69, 9.17) is 5.11 Å². The zero-order chi connectivity index (χ0) is 21.6. The Balaban J connectivity index is 1.94. The molecular formula is C22H24N2O4S. The van der Waals surface area contributed by atoms with Crippen LogP contribution in [-0.4, -0.2) is 28.1 Å². The van der Waals surface area contributed by atoms with E-state index < -0.39 is 11.9 Å². The van der Waals surface area contributed by atoms with Crippen molar-refractivity contribution in [3.05, 3.63) is 65.2 Å². The highest BCUT2D eigenvalue weighted by atomic mass is 32.2. The zero-order valence-electron chi connectivity index (χ0n) is 16.8. The number of aliphatic carboxylic acids is 1. The maximum atomic E-state index is 12.5. The monoisotopic (exact) mass is 412 g/mol. The average molecular weight is 413 g/mol. The second-order valence-corrected chi connectivity index (χ2v) is 8.13. The first-order chi connectivity index (χ1) is 13.7. The molecule has 29 heavy (non-hydrogen) atoms. The molecule has 1 atom stereocenters. The van der Waals surface area contributed by atoms with Crippen LogP contribution in [0.3, 0.4) is 0 Å². The first-order valence-electron chi connectivity index (χ1n) is 9.03. The van der Waals surface area contributed by atoms with Crippen LogP contribution in [0.5, 0.6) is 0 Å². The van der Waals surface area contributed by atoms with Gasteiger partial charge in [-0.15, -0.1) is 11.8 Å². The standard InChI is InChI=1S/C22H24N2O4S/c1-13-5-10-19(14(2)11-13)24-21(26)16(4)29-18-8-6-17(7-9-18)23-20(25)12-15(3)22(27)28/h5-12,16H,1-4H3,(H,23,25)(H,24,26)(H,27,28)/b15-12+/t16-/m1/s1. The summed E-state index contributed by atoms with van der Waals surface area (Å²) in [6.45, 7) is 7.15. The molecule has 2 aromatic carbocycles. The molecule has 0 aromatic heterocycles. The molecule has 2 amide bonds. The molecule has 0 radical (unpaired) electrons. The summed E-state index contributed by atoms with van der Waals surface area (Å²) in [5.41, 5.74) is 3.46. The quantitative estimate of drug-likeness (QED) is 0.463. The summed E-state index contributed by atoms with van der Waals surface area (Å²) in [5.74, 6) is -1.74. The van der Waals surface area contributed by atoms with Gasteiger partial charge in [-0.1, -0.05) is 17.7 Å². The van der Waals surface area contributed by atoms with Gasteiger partial charge in [0, 0.05) is 27.9 Å². The van der Waals surface area contributed by atoms with Crippen molar-refractivity contribution < 1.29 is 19.5 Å². The lowest BCUT2D eigenvalue weighted by atomic mass is 10.1. The van der Waals surface area contributed by atoms with E-state index in [1.54, 1.807) is 24.3 Å². The Morgan fingerprint density at radius 1 is 1.03 bits per heavy atom. The molecule has 0 fully saturated rings. The van der Waals surface area contributed by atoms with E-state index in [2.05, 4.69) is 10.6 Å². The lowest BCUT2D eigenvalue weighted by Gasteiger charge is -2.14. The fraction of sp³-hybridized carbons (Fsp3) is 0.227. The Kier molecular flexibility index (Phi) is 7.61. The van der Waals surface area contributed by atoms with Gasteiger partial charge in [0.1, 0.15) is 0 Å². The summed E-state index contributed by atoms with van der Waals surface area (Å²) in [4.78, 5) is 35.9. The Hall–Kier alpha value is -3.06. The summed E-state index contributed by atoms with van der Waals surface area (Å²) in [6, 6.07) is 12.9. The largest absolute Gasteiger partial charge is 0.478 e. The van der Waals surface area contributed by atoms with Gasteiger partial charge in [-0.3, -0.25) is 9.59 Å². The van der Waals surface area contributed by atoms with Crippen molar-refractivity contribution in [2.75, 3.05) is 10.6 Å². The summed E-state index contributed by atoms with van der Waals surface area (Å²) in [6.07, 6.45) is 1.03. The number of benzene rings is 2. The lowest BCUT2D eigenvalue weighted by molar-refractivity contribution is -0.132. The SMILES string of the molecule is C/C(=C\C(=O)Nc1ccc(S[C@H](C)C(=O)Nc2ccc(C)cc2C)cc1)C(=O)O. The fourth-order valence-corrected chi connectivity index (χ4v) is 3.37. The molecule has 152 valence electrons. The summed E-state index contributed by atoms with van der Waals surface area (Å²) in [7, 11) is 0. The number of carbonyl (C=O) groups excluding carboxylic acids is 2. The molecule has 0 bridgehead atoms. The molecule has 0 unspecified atom stereocenters. The van der Waals surface area contributed by atoms with E-state index in [1.807, 2.05) is 39.0 Å². The van der Waals surface area contributed by atoms with Crippen LogP contribution in [0.1, 0.15) is 25.0 Å². The third kappa shape index (κ3) is 6.80. The molecule has 0 aliphatic heterocycles. The highest BCUT2D eigenvalue weighted by Gasteiger charge is 2.15. The van der Waals surface area contributed by atoms with E-state index in [1.165, 1.54) is 18.7 Å². The van der Waals surface area contributed by atoms with Gasteiger partial charge in [0.15, 0.2) is 0 Å². The molecule has 0 saturated carbocycles. The summed E-state index contributed by atoms with van der Waals surface area (Å²) >= 11 is 1.41. The van der Waals surface area contributed by atoms with Crippen LogP contribution in [-0.2, 0) is 14.4 Å². The van der Waals surface area contributed by atoms with Crippen molar-refractivity contribution in [1.82, 2.24) is 0 Å². The molecule has 0 aliphatic rings. The third-order valence-corrected chi connectivity index (χ3v) is 5.24. The van der Waals surface area contributed by atoms with Gasteiger partial charge in [-0.25, -0.2) is 4.79 Å². The minimum atomic E-state index is -1.14. The third-order valence-electron chi connectivity index (χ3n) is 4.13. The number of thioether (sulfide) groups is 1. The van der Waals surface area contributed by atoms with Gasteiger partial charge < -0.3 is 15.7 Å². The van der Waals surface area contributed by atoms with Crippen molar-refractivity contribution >= 4 is 40.9 Å². The average Bonchev–Trinajstić information content (AvgIpc) is 2.65. The molecular weight excluding hydrogens is 388 g/mol. The minimum Gasteiger partial charge on any atom is -0.478 e. The van der Waals surface area contributed by atoms with Crippen molar-refractivity contribution in [2.24, 2.45) is 0 Å². The highest BCUT2D eigenvalue weighted by Crippen LogP contribution is 2.26. The first kappa shape index (κ1) is 22.2. The number of aryl methyl sites for hydroxylation is 2. The van der Waals surface area contributed by atoms with Crippen LogP contribution < -0.4 is 10.6 Å². The second kappa shape index (κ2) is 9.93. The molecule has 6 nitrogen and oxygen atoms in total. The zero-order valence-corrected chi connectivity index (χ0v) is 17.6. The van der Waals surface area contributed by atoms with Gasteiger partial charge >= 0.3 is 5.97 Å². The summed E-state index contributed by atoms with van der Waals surface area (Å²) in [5, 5.41) is 14.0. The Morgan fingerprint density at radius 3 is 2.28 bits per heavy atom. The Bertz CT molecular complexity index is 952. The van der Waals surface area contributed by atoms with Gasteiger partial charge in [0.25, 0.3) is 0 Å². The normalized spacial score (nSPS) is 12.2. The molecule has 3 N–H and O–H groups in total. The number of carboxylic acids is 1. The Morgan fingerprint density at radius 2 is 1.69 bits per heavy atom. The van der Waals surface area contributed by atoms with Gasteiger partial charge in [0.2, 0.25) is 11.8 Å². The smallest absolute Gasteiger partial charge is 0.331 e. The molecule has 0 saturated heterocycles. The molecule has 0 heterocycles. The maximum Gasteiger partial charge on any atom is 0.331 e. The second-order valence-electron chi connectivity index (χ2n) is 6.71. The van der Waals surface area contributed by atoms with Gasteiger partial charge in [0.05, 0.1) is 5.25 Å². The van der Waals surface area contributed by atoms with E-state index >= 15 is 0 Å². The summed E-state index contributed by atoms with van der Waals surface area (Å²) < 4.78 is 0. The predicted octanol–water partition coefficient (Wildman–Crippen LogP) is 4.39. The van der Waals surface area contributed by atoms with Gasteiger partial charge in [-0.05, 0) is 63.6 Å². The Labute approximate surface area is 174 Å². The van der Waals surface area contributed by atoms with E-state index in [9.17, 15) is 14.4 Å². The highest BCUT2D eigenvalue weighted by molar-refractivity contribution is 8.00. The number of rotatable bonds is 7. The number of carbonyl (C=O) groups is 3. The number of hydrogen-bond acceptors (Lipinski definition) is 4. The molecule has 2 aromatic rings. The van der Waals surface area contributed by atoms with Crippen LogP contribution >= 0.6 is 11.8 Å². The molecule has 2 rings (SSSR count). The number of hydrogen-bond donors (Lipinski definition) is 3. The fourth-order valence-electron chi connectivity index (χ4n) is 2.50. The lowest BCUT2D eigenvalue weighted by Crippen LogP contribution is -2.22. The van der Waals surface area contributed by atoms with Crippen LogP contribution in [0.4, 0.5) is 11.4 Å². The first-order valence-corrected chi connectivity index (χ1v) is 9.91. The van der Waals surface area contributed by atoms with Crippen molar-refractivity contribution in [3.8, 4) is 0 Å². The van der Waals surface area contributed by atoms with Gasteiger partial charge in [-0.2, -0.15) is 0 Å². The number of anilines is 2. The number of carboxylic acid groups (broad SMARTS) is 1. The van der Waals surface area contributed by atoms with E-state index in [0.29, 0.717) is 5.69 Å². The number of nitrogens with one attached hydrogen (secondary N) is 2. The van der Waals surface area contributed by atoms with Crippen LogP contribution in [0.25, 0.3) is 0 Å². The van der Waals surface area contributed by atoms with Crippen molar-refractivity contribution in [3.63, 3.8) is 0 Å². The maximum absolute atomic E-state index is 12.5.